The summed E-state index contributed by atoms with van der Waals surface area (Å²) in [4.78, 5) is 34.3. The first-order valence-corrected chi connectivity index (χ1v) is 12.0. The Morgan fingerprint density at radius 1 is 1.14 bits per heavy atom. The smallest absolute Gasteiger partial charge is 0.306 e. The SMILES string of the molecule is COC(=O)C[C@H]1c2cc3ccccc3nc2Oc2cc(C)n(CCc3c[nH]c4ccccc34)c(=O)c21. The zero-order valence-electron chi connectivity index (χ0n) is 20.1. The quantitative estimate of drug-likeness (QED) is 0.349. The number of benzene rings is 2. The molecule has 1 N–H and O–H groups in total. The minimum absolute atomic E-state index is 0.0284. The Hall–Kier alpha value is -4.39. The molecule has 3 aromatic heterocycles. The van der Waals surface area contributed by atoms with E-state index >= 15 is 0 Å². The molecule has 0 amide bonds. The monoisotopic (exact) mass is 479 g/mol. The summed E-state index contributed by atoms with van der Waals surface area (Å²) in [6.45, 7) is 2.41. The second kappa shape index (κ2) is 8.68. The van der Waals surface area contributed by atoms with Crippen LogP contribution in [0.1, 0.15) is 34.7 Å². The van der Waals surface area contributed by atoms with Crippen LogP contribution >= 0.6 is 0 Å². The maximum absolute atomic E-state index is 13.9. The van der Waals surface area contributed by atoms with E-state index in [4.69, 9.17) is 14.5 Å². The lowest BCUT2D eigenvalue weighted by Crippen LogP contribution is -2.31. The predicted molar refractivity (Wildman–Crippen MR) is 138 cm³/mol. The number of methoxy groups -OCH3 is 1. The minimum atomic E-state index is -0.513. The third-order valence-electron chi connectivity index (χ3n) is 7.03. The van der Waals surface area contributed by atoms with E-state index in [0.29, 0.717) is 30.2 Å². The lowest BCUT2D eigenvalue weighted by molar-refractivity contribution is -0.140. The number of hydrogen-bond acceptors (Lipinski definition) is 5. The fourth-order valence-electron chi connectivity index (χ4n) is 5.18. The maximum atomic E-state index is 13.9. The molecule has 1 aliphatic rings. The van der Waals surface area contributed by atoms with Crippen molar-refractivity contribution >= 4 is 27.8 Å². The Bertz CT molecular complexity index is 1700. The highest BCUT2D eigenvalue weighted by Gasteiger charge is 2.34. The Balaban J connectivity index is 1.44. The van der Waals surface area contributed by atoms with E-state index in [2.05, 4.69) is 11.1 Å². The van der Waals surface area contributed by atoms with E-state index in [-0.39, 0.29) is 12.0 Å². The summed E-state index contributed by atoms with van der Waals surface area (Å²) in [5, 5.41) is 2.07. The molecule has 4 heterocycles. The number of esters is 1. The molecule has 0 radical (unpaired) electrons. The van der Waals surface area contributed by atoms with Crippen molar-refractivity contribution in [2.24, 2.45) is 0 Å². The number of ether oxygens (including phenoxy) is 2. The average Bonchev–Trinajstić information content (AvgIpc) is 3.30. The molecular weight excluding hydrogens is 454 g/mol. The number of H-pyrrole nitrogens is 1. The van der Waals surface area contributed by atoms with E-state index in [9.17, 15) is 9.59 Å². The molecule has 7 heteroatoms. The Morgan fingerprint density at radius 2 is 1.94 bits per heavy atom. The van der Waals surface area contributed by atoms with E-state index in [1.807, 2.05) is 67.7 Å². The predicted octanol–water partition coefficient (Wildman–Crippen LogP) is 5.23. The molecule has 2 aromatic carbocycles. The number of para-hydroxylation sites is 2. The number of nitrogens with one attached hydrogen (secondary N) is 1. The van der Waals surface area contributed by atoms with Gasteiger partial charge in [0.2, 0.25) is 5.88 Å². The van der Waals surface area contributed by atoms with E-state index < -0.39 is 11.9 Å². The van der Waals surface area contributed by atoms with Crippen molar-refractivity contribution in [3.63, 3.8) is 0 Å². The van der Waals surface area contributed by atoms with Gasteiger partial charge in [-0.2, -0.15) is 0 Å². The normalized spacial score (nSPS) is 14.3. The van der Waals surface area contributed by atoms with Crippen LogP contribution in [-0.2, 0) is 22.5 Å². The zero-order chi connectivity index (χ0) is 24.8. The Morgan fingerprint density at radius 3 is 2.81 bits per heavy atom. The second-order valence-electron chi connectivity index (χ2n) is 9.14. The highest BCUT2D eigenvalue weighted by molar-refractivity contribution is 5.83. The third kappa shape index (κ3) is 3.64. The van der Waals surface area contributed by atoms with Crippen molar-refractivity contribution in [2.75, 3.05) is 7.11 Å². The number of fused-ring (bicyclic) bond motifs is 4. The lowest BCUT2D eigenvalue weighted by Gasteiger charge is -2.28. The number of carbonyl (C=O) groups is 1. The van der Waals surface area contributed by atoms with Crippen molar-refractivity contribution in [3.8, 4) is 11.6 Å². The van der Waals surface area contributed by atoms with Gasteiger partial charge in [0.25, 0.3) is 5.56 Å². The fourth-order valence-corrected chi connectivity index (χ4v) is 5.18. The van der Waals surface area contributed by atoms with Gasteiger partial charge in [0.15, 0.2) is 0 Å². The van der Waals surface area contributed by atoms with Gasteiger partial charge in [-0.25, -0.2) is 4.98 Å². The summed E-state index contributed by atoms with van der Waals surface area (Å²) in [7, 11) is 1.36. The van der Waals surface area contributed by atoms with Gasteiger partial charge in [-0.3, -0.25) is 9.59 Å². The molecule has 7 nitrogen and oxygen atoms in total. The number of aromatic amines is 1. The molecule has 180 valence electrons. The molecule has 0 saturated heterocycles. The molecular formula is C29H25N3O4. The van der Waals surface area contributed by atoms with Crippen molar-refractivity contribution in [2.45, 2.75) is 32.2 Å². The van der Waals surface area contributed by atoms with Crippen LogP contribution in [0.3, 0.4) is 0 Å². The first-order chi connectivity index (χ1) is 17.5. The summed E-state index contributed by atoms with van der Waals surface area (Å²) in [5.74, 6) is -0.0338. The summed E-state index contributed by atoms with van der Waals surface area (Å²) in [5.41, 5.74) is 4.84. The van der Waals surface area contributed by atoms with Crippen molar-refractivity contribution in [3.05, 3.63) is 99.6 Å². The molecule has 1 atom stereocenters. The Labute approximate surface area is 207 Å². The molecule has 0 fully saturated rings. The van der Waals surface area contributed by atoms with Crippen LogP contribution < -0.4 is 10.3 Å². The van der Waals surface area contributed by atoms with E-state index in [1.54, 1.807) is 4.57 Å². The maximum Gasteiger partial charge on any atom is 0.306 e. The van der Waals surface area contributed by atoms with E-state index in [0.717, 1.165) is 38.6 Å². The number of rotatable bonds is 5. The van der Waals surface area contributed by atoms with Crippen LogP contribution in [0.5, 0.6) is 11.6 Å². The molecule has 6 rings (SSSR count). The molecule has 0 aliphatic carbocycles. The fraction of sp³-hybridized carbons (Fsp3) is 0.207. The van der Waals surface area contributed by atoms with Crippen LogP contribution in [0, 0.1) is 6.92 Å². The molecule has 0 spiro atoms. The van der Waals surface area contributed by atoms with Gasteiger partial charge in [-0.1, -0.05) is 36.4 Å². The minimum Gasteiger partial charge on any atom is -0.469 e. The van der Waals surface area contributed by atoms with Gasteiger partial charge in [-0.05, 0) is 37.1 Å². The number of aryl methyl sites for hydroxylation is 2. The van der Waals surface area contributed by atoms with Crippen molar-refractivity contribution < 1.29 is 14.3 Å². The van der Waals surface area contributed by atoms with Crippen LogP contribution in [0.4, 0.5) is 0 Å². The van der Waals surface area contributed by atoms with Crippen molar-refractivity contribution in [1.29, 1.82) is 0 Å². The molecule has 0 unspecified atom stereocenters. The second-order valence-corrected chi connectivity index (χ2v) is 9.14. The third-order valence-corrected chi connectivity index (χ3v) is 7.03. The largest absolute Gasteiger partial charge is 0.469 e. The number of nitrogens with zero attached hydrogens (tertiary/aromatic N) is 2. The van der Waals surface area contributed by atoms with Gasteiger partial charge in [0.1, 0.15) is 5.75 Å². The molecule has 36 heavy (non-hydrogen) atoms. The van der Waals surface area contributed by atoms with Crippen molar-refractivity contribution in [1.82, 2.24) is 14.5 Å². The van der Waals surface area contributed by atoms with Crippen LogP contribution in [0.25, 0.3) is 21.8 Å². The summed E-state index contributed by atoms with van der Waals surface area (Å²) in [6, 6.07) is 19.7. The molecule has 1 aliphatic heterocycles. The summed E-state index contributed by atoms with van der Waals surface area (Å²) < 4.78 is 12.9. The highest BCUT2D eigenvalue weighted by Crippen LogP contribution is 2.44. The number of carbonyl (C=O) groups excluding carboxylic acids is 1. The van der Waals surface area contributed by atoms with Gasteiger partial charge >= 0.3 is 5.97 Å². The van der Waals surface area contributed by atoms with Gasteiger partial charge in [-0.15, -0.1) is 0 Å². The standard InChI is InChI=1S/C29H25N3O4/c1-17-13-25-27(29(34)32(17)12-11-19-16-30-24-10-6-4-8-20(19)24)21(15-26(33)35-2)22-14-18-7-3-5-9-23(18)31-28(22)36-25/h3-10,13-14,16,21,30H,11-12,15H2,1-2H3/t21-/m0/s1. The Kier molecular flexibility index (Phi) is 5.33. The van der Waals surface area contributed by atoms with Gasteiger partial charge < -0.3 is 19.0 Å². The zero-order valence-corrected chi connectivity index (χ0v) is 20.1. The van der Waals surface area contributed by atoms with E-state index in [1.165, 1.54) is 7.11 Å². The number of pyridine rings is 2. The molecule has 5 aromatic rings. The number of hydrogen-bond donors (Lipinski definition) is 1. The van der Waals surface area contributed by atoms with Crippen LogP contribution in [0.2, 0.25) is 0 Å². The first-order valence-electron chi connectivity index (χ1n) is 12.0. The van der Waals surface area contributed by atoms with Gasteiger partial charge in [0, 0.05) is 52.3 Å². The summed E-state index contributed by atoms with van der Waals surface area (Å²) >= 11 is 0. The van der Waals surface area contributed by atoms with Crippen LogP contribution in [0.15, 0.2) is 71.7 Å². The topological polar surface area (TPSA) is 86.2 Å². The highest BCUT2D eigenvalue weighted by atomic mass is 16.5. The lowest BCUT2D eigenvalue weighted by atomic mass is 9.86. The molecule has 0 saturated carbocycles. The van der Waals surface area contributed by atoms with Gasteiger partial charge in [0.05, 0.1) is 24.6 Å². The van der Waals surface area contributed by atoms with Crippen LogP contribution in [-0.4, -0.2) is 27.6 Å². The first kappa shape index (κ1) is 22.1. The summed E-state index contributed by atoms with van der Waals surface area (Å²) in [6.07, 6.45) is 2.72. The average molecular weight is 480 g/mol. The molecule has 0 bridgehead atoms. The number of aromatic nitrogens is 3.